The van der Waals surface area contributed by atoms with E-state index in [0.717, 1.165) is 12.0 Å². The summed E-state index contributed by atoms with van der Waals surface area (Å²) in [6, 6.07) is 7.25. The van der Waals surface area contributed by atoms with E-state index in [-0.39, 0.29) is 22.5 Å². The number of carboxylic acid groups (broad SMARTS) is 1. The molecule has 134 valence electrons. The molecule has 1 N–H and O–H groups in total. The fourth-order valence-corrected chi connectivity index (χ4v) is 3.89. The molecule has 0 aliphatic heterocycles. The lowest BCUT2D eigenvalue weighted by atomic mass is 9.58. The number of aromatic carboxylic acids is 1. The van der Waals surface area contributed by atoms with Crippen molar-refractivity contribution in [1.82, 2.24) is 0 Å². The molecular weight excluding hydrogens is 316 g/mol. The van der Waals surface area contributed by atoms with Crippen molar-refractivity contribution in [2.75, 3.05) is 0 Å². The highest BCUT2D eigenvalue weighted by atomic mass is 16.6. The first-order valence-corrected chi connectivity index (χ1v) is 8.69. The van der Waals surface area contributed by atoms with Crippen LogP contribution in [0.5, 0.6) is 11.7 Å². The van der Waals surface area contributed by atoms with Gasteiger partial charge in [-0.25, -0.2) is 4.79 Å². The lowest BCUT2D eigenvalue weighted by molar-refractivity contribution is 0.0657. The Kier molecular flexibility index (Phi) is 3.98. The summed E-state index contributed by atoms with van der Waals surface area (Å²) in [5.41, 5.74) is 3.85. The molecule has 0 saturated heterocycles. The van der Waals surface area contributed by atoms with Crippen molar-refractivity contribution in [3.63, 3.8) is 0 Å². The number of furan rings is 1. The molecule has 25 heavy (non-hydrogen) atoms. The van der Waals surface area contributed by atoms with E-state index in [0.29, 0.717) is 11.7 Å². The second-order valence-electron chi connectivity index (χ2n) is 8.40. The van der Waals surface area contributed by atoms with Crippen LogP contribution in [0.15, 0.2) is 28.7 Å². The minimum absolute atomic E-state index is 0.0610. The minimum Gasteiger partial charge on any atom is -0.475 e. The number of ether oxygens (including phenoxy) is 1. The number of aryl methyl sites for hydroxylation is 1. The van der Waals surface area contributed by atoms with E-state index in [1.165, 1.54) is 17.2 Å². The summed E-state index contributed by atoms with van der Waals surface area (Å²) in [5, 5.41) is 8.98. The second-order valence-corrected chi connectivity index (χ2v) is 8.40. The number of rotatable bonds is 3. The zero-order valence-electron chi connectivity index (χ0n) is 15.8. The van der Waals surface area contributed by atoms with Crippen molar-refractivity contribution < 1.29 is 19.1 Å². The SMILES string of the molecule is Cc1cc2c(cc1Oc1ccc(C(=O)O)o1)C(C)(C)CC(C)C2(C)C. The van der Waals surface area contributed by atoms with Crippen molar-refractivity contribution >= 4 is 5.97 Å². The summed E-state index contributed by atoms with van der Waals surface area (Å²) < 4.78 is 11.1. The van der Waals surface area contributed by atoms with Gasteiger partial charge in [0.2, 0.25) is 5.76 Å². The molecule has 0 spiro atoms. The van der Waals surface area contributed by atoms with E-state index >= 15 is 0 Å². The molecule has 0 saturated carbocycles. The van der Waals surface area contributed by atoms with Crippen LogP contribution >= 0.6 is 0 Å². The van der Waals surface area contributed by atoms with Crippen molar-refractivity contribution in [3.05, 3.63) is 46.7 Å². The monoisotopic (exact) mass is 342 g/mol. The van der Waals surface area contributed by atoms with Gasteiger partial charge in [-0.1, -0.05) is 40.7 Å². The van der Waals surface area contributed by atoms with Gasteiger partial charge >= 0.3 is 5.97 Å². The number of carbonyl (C=O) groups is 1. The molecule has 1 unspecified atom stereocenters. The smallest absolute Gasteiger partial charge is 0.371 e. The number of fused-ring (bicyclic) bond motifs is 1. The van der Waals surface area contributed by atoms with Gasteiger partial charge in [-0.2, -0.15) is 0 Å². The molecular formula is C21H26O4. The molecule has 0 radical (unpaired) electrons. The number of hydrogen-bond donors (Lipinski definition) is 1. The van der Waals surface area contributed by atoms with Gasteiger partial charge < -0.3 is 14.3 Å². The van der Waals surface area contributed by atoms with Crippen LogP contribution in [0.25, 0.3) is 0 Å². The average Bonchev–Trinajstić information content (AvgIpc) is 2.95. The molecule has 1 aromatic carbocycles. The normalized spacial score (nSPS) is 20.8. The van der Waals surface area contributed by atoms with Crippen molar-refractivity contribution in [2.24, 2.45) is 5.92 Å². The van der Waals surface area contributed by atoms with E-state index in [9.17, 15) is 4.79 Å². The van der Waals surface area contributed by atoms with E-state index < -0.39 is 5.97 Å². The standard InChI is InChI=1S/C21H26O4/c1-12-9-15-14(20(3,4)11-13(2)21(15,5)6)10-17(12)25-18-8-7-16(24-18)19(22)23/h7-10,13H,11H2,1-6H3,(H,22,23). The predicted molar refractivity (Wildman–Crippen MR) is 96.8 cm³/mol. The highest BCUT2D eigenvalue weighted by Crippen LogP contribution is 2.50. The third kappa shape index (κ3) is 2.94. The highest BCUT2D eigenvalue weighted by molar-refractivity contribution is 5.84. The highest BCUT2D eigenvalue weighted by Gasteiger charge is 2.42. The van der Waals surface area contributed by atoms with Gasteiger partial charge in [0.15, 0.2) is 0 Å². The van der Waals surface area contributed by atoms with Crippen LogP contribution in [-0.4, -0.2) is 11.1 Å². The lowest BCUT2D eigenvalue weighted by Gasteiger charge is -2.46. The molecule has 0 amide bonds. The maximum atomic E-state index is 11.0. The summed E-state index contributed by atoms with van der Waals surface area (Å²) in [7, 11) is 0. The third-order valence-electron chi connectivity index (χ3n) is 5.79. The Hall–Kier alpha value is -2.23. The predicted octanol–water partition coefficient (Wildman–Crippen LogP) is 5.67. The largest absolute Gasteiger partial charge is 0.475 e. The molecule has 1 heterocycles. The molecule has 1 aliphatic rings. The van der Waals surface area contributed by atoms with Crippen LogP contribution in [0.4, 0.5) is 0 Å². The topological polar surface area (TPSA) is 59.7 Å². The summed E-state index contributed by atoms with van der Waals surface area (Å²) in [4.78, 5) is 11.0. The molecule has 4 heteroatoms. The Morgan fingerprint density at radius 3 is 2.48 bits per heavy atom. The molecule has 0 fully saturated rings. The van der Waals surface area contributed by atoms with Crippen LogP contribution < -0.4 is 4.74 Å². The fraction of sp³-hybridized carbons (Fsp3) is 0.476. The Labute approximate surface area is 148 Å². The van der Waals surface area contributed by atoms with E-state index in [4.69, 9.17) is 14.3 Å². The Morgan fingerprint density at radius 1 is 1.20 bits per heavy atom. The van der Waals surface area contributed by atoms with Gasteiger partial charge in [-0.15, -0.1) is 0 Å². The maximum absolute atomic E-state index is 11.0. The minimum atomic E-state index is -1.10. The Bertz CT molecular complexity index is 826. The van der Waals surface area contributed by atoms with E-state index in [1.807, 2.05) is 6.92 Å². The van der Waals surface area contributed by atoms with Gasteiger partial charge in [-0.3, -0.25) is 0 Å². The summed E-state index contributed by atoms with van der Waals surface area (Å²) in [5.74, 6) is 0.268. The molecule has 2 aromatic rings. The summed E-state index contributed by atoms with van der Waals surface area (Å²) >= 11 is 0. The van der Waals surface area contributed by atoms with E-state index in [2.05, 4.69) is 46.8 Å². The van der Waals surface area contributed by atoms with E-state index in [1.54, 1.807) is 6.07 Å². The molecule has 1 atom stereocenters. The van der Waals surface area contributed by atoms with Gasteiger partial charge in [0.25, 0.3) is 5.95 Å². The zero-order valence-corrected chi connectivity index (χ0v) is 15.8. The second kappa shape index (κ2) is 5.65. The van der Waals surface area contributed by atoms with Crippen LogP contribution in [-0.2, 0) is 10.8 Å². The Balaban J connectivity index is 2.04. The summed E-state index contributed by atoms with van der Waals surface area (Å²) in [6.45, 7) is 13.5. The van der Waals surface area contributed by atoms with Gasteiger partial charge in [0.05, 0.1) is 0 Å². The fourth-order valence-electron chi connectivity index (χ4n) is 3.89. The average molecular weight is 342 g/mol. The number of benzene rings is 1. The zero-order chi connectivity index (χ0) is 18.6. The van der Waals surface area contributed by atoms with Crippen LogP contribution in [0.3, 0.4) is 0 Å². The van der Waals surface area contributed by atoms with Gasteiger partial charge in [0.1, 0.15) is 5.75 Å². The molecule has 1 aromatic heterocycles. The lowest BCUT2D eigenvalue weighted by Crippen LogP contribution is -2.40. The van der Waals surface area contributed by atoms with Gasteiger partial charge in [0, 0.05) is 6.07 Å². The number of carboxylic acids is 1. The van der Waals surface area contributed by atoms with Crippen LogP contribution in [0.2, 0.25) is 0 Å². The maximum Gasteiger partial charge on any atom is 0.371 e. The third-order valence-corrected chi connectivity index (χ3v) is 5.79. The number of hydrogen-bond acceptors (Lipinski definition) is 3. The Morgan fingerprint density at radius 2 is 1.88 bits per heavy atom. The quantitative estimate of drug-likeness (QED) is 0.780. The molecule has 1 aliphatic carbocycles. The van der Waals surface area contributed by atoms with Crippen LogP contribution in [0.1, 0.15) is 68.3 Å². The van der Waals surface area contributed by atoms with Crippen molar-refractivity contribution in [3.8, 4) is 11.7 Å². The molecule has 3 rings (SSSR count). The first-order chi connectivity index (χ1) is 11.5. The first kappa shape index (κ1) is 17.6. The molecule has 0 bridgehead atoms. The first-order valence-electron chi connectivity index (χ1n) is 8.69. The van der Waals surface area contributed by atoms with Crippen molar-refractivity contribution in [1.29, 1.82) is 0 Å². The van der Waals surface area contributed by atoms with Gasteiger partial charge in [-0.05, 0) is 58.9 Å². The molecule has 4 nitrogen and oxygen atoms in total. The summed E-state index contributed by atoms with van der Waals surface area (Å²) in [6.07, 6.45) is 1.11. The van der Waals surface area contributed by atoms with Crippen molar-refractivity contribution in [2.45, 2.75) is 58.8 Å². The van der Waals surface area contributed by atoms with Crippen LogP contribution in [0, 0.1) is 12.8 Å².